The fourth-order valence-electron chi connectivity index (χ4n) is 1.99. The van der Waals surface area contributed by atoms with Crippen molar-refractivity contribution in [2.24, 2.45) is 0 Å². The molecule has 3 aromatic rings. The SMILES string of the molecule is COc1cc(OC)c2nc3ncnc(N)c3cc2c1. The summed E-state index contributed by atoms with van der Waals surface area (Å²) in [6.07, 6.45) is 1.40. The summed E-state index contributed by atoms with van der Waals surface area (Å²) in [5.74, 6) is 1.73. The zero-order valence-electron chi connectivity index (χ0n) is 10.5. The fraction of sp³-hybridized carbons (Fsp3) is 0.154. The minimum absolute atomic E-state index is 0.404. The van der Waals surface area contributed by atoms with Crippen molar-refractivity contribution >= 4 is 27.8 Å². The quantitative estimate of drug-likeness (QED) is 0.703. The number of nitrogens with zero attached hydrogens (tertiary/aromatic N) is 3. The van der Waals surface area contributed by atoms with Gasteiger partial charge in [-0.3, -0.25) is 0 Å². The van der Waals surface area contributed by atoms with Gasteiger partial charge < -0.3 is 15.2 Å². The Balaban J connectivity index is 2.43. The van der Waals surface area contributed by atoms with Crippen LogP contribution in [0.3, 0.4) is 0 Å². The van der Waals surface area contributed by atoms with E-state index in [1.807, 2.05) is 12.1 Å². The van der Waals surface area contributed by atoms with E-state index in [1.165, 1.54) is 6.33 Å². The van der Waals surface area contributed by atoms with Gasteiger partial charge in [-0.15, -0.1) is 0 Å². The number of fused-ring (bicyclic) bond motifs is 2. The van der Waals surface area contributed by atoms with E-state index in [-0.39, 0.29) is 0 Å². The number of anilines is 1. The van der Waals surface area contributed by atoms with Crippen molar-refractivity contribution in [3.63, 3.8) is 0 Å². The maximum absolute atomic E-state index is 5.83. The van der Waals surface area contributed by atoms with Crippen LogP contribution < -0.4 is 15.2 Å². The molecular weight excluding hydrogens is 244 g/mol. The molecule has 0 radical (unpaired) electrons. The molecule has 0 unspecified atom stereocenters. The highest BCUT2D eigenvalue weighted by atomic mass is 16.5. The Bertz CT molecular complexity index is 773. The van der Waals surface area contributed by atoms with Crippen molar-refractivity contribution in [3.8, 4) is 11.5 Å². The standard InChI is InChI=1S/C13H12N4O2/c1-18-8-3-7-4-9-12(14)15-6-16-13(9)17-11(7)10(5-8)19-2/h3-6H,1-2H3,(H2,14,15,16,17). The normalized spacial score (nSPS) is 10.8. The van der Waals surface area contributed by atoms with Gasteiger partial charge in [-0.2, -0.15) is 0 Å². The lowest BCUT2D eigenvalue weighted by atomic mass is 10.1. The molecule has 0 aliphatic heterocycles. The summed E-state index contributed by atoms with van der Waals surface area (Å²) in [5, 5.41) is 1.58. The molecule has 19 heavy (non-hydrogen) atoms. The molecule has 0 fully saturated rings. The molecule has 0 aliphatic rings. The van der Waals surface area contributed by atoms with E-state index in [1.54, 1.807) is 20.3 Å². The van der Waals surface area contributed by atoms with Crippen molar-refractivity contribution in [1.82, 2.24) is 15.0 Å². The summed E-state index contributed by atoms with van der Waals surface area (Å²) in [6.45, 7) is 0. The summed E-state index contributed by atoms with van der Waals surface area (Å²) in [5.41, 5.74) is 7.10. The summed E-state index contributed by atoms with van der Waals surface area (Å²) >= 11 is 0. The van der Waals surface area contributed by atoms with Gasteiger partial charge in [0.2, 0.25) is 0 Å². The van der Waals surface area contributed by atoms with E-state index in [4.69, 9.17) is 15.2 Å². The molecule has 6 heteroatoms. The number of hydrogen-bond donors (Lipinski definition) is 1. The molecule has 0 amide bonds. The first-order chi connectivity index (χ1) is 9.22. The van der Waals surface area contributed by atoms with Crippen molar-refractivity contribution in [2.75, 3.05) is 20.0 Å². The Kier molecular flexibility index (Phi) is 2.56. The maximum atomic E-state index is 5.83. The second-order valence-electron chi connectivity index (χ2n) is 4.02. The Hall–Kier alpha value is -2.63. The maximum Gasteiger partial charge on any atom is 0.165 e. The highest BCUT2D eigenvalue weighted by Crippen LogP contribution is 2.32. The lowest BCUT2D eigenvalue weighted by Crippen LogP contribution is -1.97. The number of nitrogen functional groups attached to an aromatic ring is 1. The van der Waals surface area contributed by atoms with E-state index < -0.39 is 0 Å². The van der Waals surface area contributed by atoms with E-state index >= 15 is 0 Å². The Morgan fingerprint density at radius 2 is 1.89 bits per heavy atom. The third-order valence-corrected chi connectivity index (χ3v) is 2.94. The van der Waals surface area contributed by atoms with Gasteiger partial charge in [0.15, 0.2) is 5.65 Å². The number of benzene rings is 1. The fourth-order valence-corrected chi connectivity index (χ4v) is 1.99. The van der Waals surface area contributed by atoms with Crippen LogP contribution in [0.1, 0.15) is 0 Å². The molecule has 2 aromatic heterocycles. The van der Waals surface area contributed by atoms with Crippen molar-refractivity contribution in [2.45, 2.75) is 0 Å². The largest absolute Gasteiger partial charge is 0.497 e. The lowest BCUT2D eigenvalue weighted by molar-refractivity contribution is 0.397. The lowest BCUT2D eigenvalue weighted by Gasteiger charge is -2.09. The number of nitrogens with two attached hydrogens (primary N) is 1. The first-order valence-electron chi connectivity index (χ1n) is 5.66. The van der Waals surface area contributed by atoms with Crippen LogP contribution in [0.5, 0.6) is 11.5 Å². The summed E-state index contributed by atoms with van der Waals surface area (Å²) in [6, 6.07) is 5.54. The van der Waals surface area contributed by atoms with Crippen LogP contribution in [0.15, 0.2) is 24.5 Å². The highest BCUT2D eigenvalue weighted by Gasteiger charge is 2.10. The Morgan fingerprint density at radius 3 is 2.63 bits per heavy atom. The van der Waals surface area contributed by atoms with Gasteiger partial charge in [-0.1, -0.05) is 0 Å². The third-order valence-electron chi connectivity index (χ3n) is 2.94. The van der Waals surface area contributed by atoms with E-state index in [9.17, 15) is 0 Å². The first-order valence-corrected chi connectivity index (χ1v) is 5.66. The van der Waals surface area contributed by atoms with Crippen LogP contribution in [0, 0.1) is 0 Å². The smallest absolute Gasteiger partial charge is 0.165 e. The molecule has 0 bridgehead atoms. The minimum Gasteiger partial charge on any atom is -0.497 e. The molecule has 0 saturated carbocycles. The number of rotatable bonds is 2. The molecule has 1 aromatic carbocycles. The number of pyridine rings is 1. The zero-order chi connectivity index (χ0) is 13.4. The van der Waals surface area contributed by atoms with E-state index in [0.717, 1.165) is 5.39 Å². The predicted molar refractivity (Wildman–Crippen MR) is 72.4 cm³/mol. The first kappa shape index (κ1) is 11.5. The Labute approximate surface area is 109 Å². The average Bonchev–Trinajstić information content (AvgIpc) is 2.45. The zero-order valence-corrected chi connectivity index (χ0v) is 10.5. The van der Waals surface area contributed by atoms with Crippen molar-refractivity contribution in [1.29, 1.82) is 0 Å². The van der Waals surface area contributed by atoms with Gasteiger partial charge in [0.05, 0.1) is 19.6 Å². The summed E-state index contributed by atoms with van der Waals surface area (Å²) in [4.78, 5) is 12.6. The molecular formula is C13H12N4O2. The van der Waals surface area contributed by atoms with Crippen LogP contribution in [0.25, 0.3) is 21.9 Å². The number of hydrogen-bond acceptors (Lipinski definition) is 6. The molecule has 6 nitrogen and oxygen atoms in total. The molecule has 2 N–H and O–H groups in total. The number of aromatic nitrogens is 3. The third kappa shape index (κ3) is 1.77. The second-order valence-corrected chi connectivity index (χ2v) is 4.02. The van der Waals surface area contributed by atoms with Crippen molar-refractivity contribution in [3.05, 3.63) is 24.5 Å². The minimum atomic E-state index is 0.404. The van der Waals surface area contributed by atoms with Gasteiger partial charge in [0, 0.05) is 11.5 Å². The van der Waals surface area contributed by atoms with E-state index in [2.05, 4.69) is 15.0 Å². The highest BCUT2D eigenvalue weighted by molar-refractivity contribution is 5.98. The van der Waals surface area contributed by atoms with Gasteiger partial charge in [0.1, 0.15) is 29.2 Å². The molecule has 3 rings (SSSR count). The van der Waals surface area contributed by atoms with Gasteiger partial charge in [-0.05, 0) is 12.1 Å². The van der Waals surface area contributed by atoms with Crippen LogP contribution in [-0.4, -0.2) is 29.2 Å². The van der Waals surface area contributed by atoms with Crippen molar-refractivity contribution < 1.29 is 9.47 Å². The van der Waals surface area contributed by atoms with Crippen LogP contribution in [-0.2, 0) is 0 Å². The molecule has 0 saturated heterocycles. The number of methoxy groups -OCH3 is 2. The van der Waals surface area contributed by atoms with Crippen LogP contribution in [0.2, 0.25) is 0 Å². The van der Waals surface area contributed by atoms with E-state index in [0.29, 0.717) is 33.9 Å². The van der Waals surface area contributed by atoms with Crippen LogP contribution in [0.4, 0.5) is 5.82 Å². The molecule has 96 valence electrons. The molecule has 2 heterocycles. The summed E-state index contributed by atoms with van der Waals surface area (Å²) in [7, 11) is 3.20. The average molecular weight is 256 g/mol. The second kappa shape index (κ2) is 4.24. The molecule has 0 atom stereocenters. The molecule has 0 aliphatic carbocycles. The predicted octanol–water partition coefficient (Wildman–Crippen LogP) is 1.78. The molecule has 0 spiro atoms. The van der Waals surface area contributed by atoms with Gasteiger partial charge in [0.25, 0.3) is 0 Å². The number of ether oxygens (including phenoxy) is 2. The van der Waals surface area contributed by atoms with Gasteiger partial charge in [-0.25, -0.2) is 15.0 Å². The topological polar surface area (TPSA) is 83.2 Å². The Morgan fingerprint density at radius 1 is 1.05 bits per heavy atom. The monoisotopic (exact) mass is 256 g/mol. The summed E-state index contributed by atoms with van der Waals surface area (Å²) < 4.78 is 10.6. The van der Waals surface area contributed by atoms with Crippen LogP contribution >= 0.6 is 0 Å². The van der Waals surface area contributed by atoms with Gasteiger partial charge >= 0.3 is 0 Å².